The fourth-order valence-electron chi connectivity index (χ4n) is 2.66. The number of primary amides is 1. The van der Waals surface area contributed by atoms with Gasteiger partial charge in [-0.1, -0.05) is 30.3 Å². The number of H-pyrrole nitrogens is 1. The first-order chi connectivity index (χ1) is 10.1. The first-order valence-corrected chi connectivity index (χ1v) is 6.78. The van der Waals surface area contributed by atoms with Crippen LogP contribution in [-0.2, 0) is 9.59 Å². The molecular weight excluding hydrogens is 268 g/mol. The Labute approximate surface area is 121 Å². The van der Waals surface area contributed by atoms with Crippen LogP contribution < -0.4 is 10.6 Å². The lowest BCUT2D eigenvalue weighted by Crippen LogP contribution is -2.29. The van der Waals surface area contributed by atoms with Gasteiger partial charge < -0.3 is 5.73 Å². The molecule has 0 aliphatic carbocycles. The molecule has 2 amide bonds. The number of anilines is 1. The Hall–Kier alpha value is -2.63. The summed E-state index contributed by atoms with van der Waals surface area (Å²) in [5.74, 6) is -0.451. The number of nitrogens with two attached hydrogens (primary N) is 1. The predicted octanol–water partition coefficient (Wildman–Crippen LogP) is 1.22. The van der Waals surface area contributed by atoms with E-state index in [0.29, 0.717) is 5.82 Å². The van der Waals surface area contributed by atoms with E-state index in [1.807, 2.05) is 37.3 Å². The zero-order valence-electron chi connectivity index (χ0n) is 11.7. The average molecular weight is 284 g/mol. The monoisotopic (exact) mass is 284 g/mol. The van der Waals surface area contributed by atoms with Crippen LogP contribution in [0.4, 0.5) is 5.82 Å². The zero-order valence-corrected chi connectivity index (χ0v) is 11.7. The molecule has 1 fully saturated rings. The van der Waals surface area contributed by atoms with Crippen LogP contribution in [0.2, 0.25) is 0 Å². The second-order valence-electron chi connectivity index (χ2n) is 5.22. The van der Waals surface area contributed by atoms with Crippen LogP contribution in [-0.4, -0.2) is 28.6 Å². The number of benzene rings is 1. The van der Waals surface area contributed by atoms with Crippen molar-refractivity contribution in [1.82, 2.24) is 10.2 Å². The van der Waals surface area contributed by atoms with Gasteiger partial charge in [-0.2, -0.15) is 5.10 Å². The standard InChI is InChI=1S/C15H16N4O2/c1-9-13(10-5-3-2-4-6-10)15(18-17-9)19-8-11(14(16)21)7-12(19)20/h2-6,11H,7-8H2,1H3,(H2,16,21)(H,17,18). The molecule has 0 radical (unpaired) electrons. The van der Waals surface area contributed by atoms with Crippen molar-refractivity contribution in [2.45, 2.75) is 13.3 Å². The van der Waals surface area contributed by atoms with Gasteiger partial charge in [-0.3, -0.25) is 19.6 Å². The van der Waals surface area contributed by atoms with Gasteiger partial charge in [0.25, 0.3) is 0 Å². The second kappa shape index (κ2) is 5.05. The summed E-state index contributed by atoms with van der Waals surface area (Å²) in [5.41, 5.74) is 8.05. The van der Waals surface area contributed by atoms with Gasteiger partial charge in [-0.15, -0.1) is 0 Å². The molecule has 6 heteroatoms. The Balaban J connectivity index is 2.01. The lowest BCUT2D eigenvalue weighted by molar-refractivity contribution is -0.123. The zero-order chi connectivity index (χ0) is 15.0. The van der Waals surface area contributed by atoms with Gasteiger partial charge in [-0.05, 0) is 12.5 Å². The number of hydrogen-bond acceptors (Lipinski definition) is 3. The summed E-state index contributed by atoms with van der Waals surface area (Å²) in [6.45, 7) is 2.20. The van der Waals surface area contributed by atoms with Gasteiger partial charge in [0.1, 0.15) is 0 Å². The van der Waals surface area contributed by atoms with Gasteiger partial charge in [0, 0.05) is 24.2 Å². The second-order valence-corrected chi connectivity index (χ2v) is 5.22. The minimum atomic E-state index is -0.446. The Morgan fingerprint density at radius 1 is 1.38 bits per heavy atom. The maximum atomic E-state index is 12.1. The Morgan fingerprint density at radius 3 is 2.71 bits per heavy atom. The highest BCUT2D eigenvalue weighted by Crippen LogP contribution is 2.34. The molecule has 3 N–H and O–H groups in total. The third-order valence-electron chi connectivity index (χ3n) is 3.77. The van der Waals surface area contributed by atoms with E-state index >= 15 is 0 Å². The van der Waals surface area contributed by atoms with Crippen molar-refractivity contribution in [2.24, 2.45) is 11.7 Å². The first-order valence-electron chi connectivity index (χ1n) is 6.78. The average Bonchev–Trinajstić information content (AvgIpc) is 3.03. The van der Waals surface area contributed by atoms with Gasteiger partial charge in [0.2, 0.25) is 11.8 Å². The summed E-state index contributed by atoms with van der Waals surface area (Å²) in [4.78, 5) is 25.0. The summed E-state index contributed by atoms with van der Waals surface area (Å²) in [5, 5.41) is 7.16. The van der Waals surface area contributed by atoms with Gasteiger partial charge in [-0.25, -0.2) is 0 Å². The van der Waals surface area contributed by atoms with Crippen molar-refractivity contribution in [3.05, 3.63) is 36.0 Å². The molecule has 1 unspecified atom stereocenters. The molecule has 1 aromatic heterocycles. The fraction of sp³-hybridized carbons (Fsp3) is 0.267. The quantitative estimate of drug-likeness (QED) is 0.887. The number of carbonyl (C=O) groups is 2. The maximum absolute atomic E-state index is 12.1. The highest BCUT2D eigenvalue weighted by Gasteiger charge is 2.36. The molecule has 1 aliphatic heterocycles. The number of hydrogen-bond donors (Lipinski definition) is 2. The van der Waals surface area contributed by atoms with Crippen LogP contribution in [0.25, 0.3) is 11.1 Å². The molecule has 1 atom stereocenters. The van der Waals surface area contributed by atoms with E-state index in [-0.39, 0.29) is 18.9 Å². The van der Waals surface area contributed by atoms with E-state index in [1.165, 1.54) is 0 Å². The van der Waals surface area contributed by atoms with Crippen molar-refractivity contribution < 1.29 is 9.59 Å². The number of amides is 2. The van der Waals surface area contributed by atoms with Crippen molar-refractivity contribution in [3.63, 3.8) is 0 Å². The number of aromatic nitrogens is 2. The lowest BCUT2D eigenvalue weighted by atomic mass is 10.1. The smallest absolute Gasteiger partial charge is 0.229 e. The van der Waals surface area contributed by atoms with Crippen LogP contribution in [0, 0.1) is 12.8 Å². The molecular formula is C15H16N4O2. The van der Waals surface area contributed by atoms with Crippen molar-refractivity contribution >= 4 is 17.6 Å². The molecule has 6 nitrogen and oxygen atoms in total. The highest BCUT2D eigenvalue weighted by molar-refractivity contribution is 6.02. The van der Waals surface area contributed by atoms with Crippen molar-refractivity contribution in [1.29, 1.82) is 0 Å². The van der Waals surface area contributed by atoms with E-state index in [2.05, 4.69) is 10.2 Å². The molecule has 108 valence electrons. The van der Waals surface area contributed by atoms with Gasteiger partial charge in [0.05, 0.1) is 5.92 Å². The van der Waals surface area contributed by atoms with E-state index in [1.54, 1.807) is 4.90 Å². The number of aryl methyl sites for hydroxylation is 1. The minimum Gasteiger partial charge on any atom is -0.369 e. The van der Waals surface area contributed by atoms with Crippen LogP contribution >= 0.6 is 0 Å². The number of rotatable bonds is 3. The highest BCUT2D eigenvalue weighted by atomic mass is 16.2. The van der Waals surface area contributed by atoms with E-state index in [9.17, 15) is 9.59 Å². The first kappa shape index (κ1) is 13.4. The molecule has 1 aromatic carbocycles. The molecule has 2 aromatic rings. The summed E-state index contributed by atoms with van der Waals surface area (Å²) in [6.07, 6.45) is 0.148. The fourth-order valence-corrected chi connectivity index (χ4v) is 2.66. The lowest BCUT2D eigenvalue weighted by Gasteiger charge is -2.15. The third kappa shape index (κ3) is 2.29. The van der Waals surface area contributed by atoms with Crippen molar-refractivity contribution in [2.75, 3.05) is 11.4 Å². The molecule has 1 aliphatic rings. The molecule has 3 rings (SSSR count). The largest absolute Gasteiger partial charge is 0.369 e. The Kier molecular flexibility index (Phi) is 3.21. The topological polar surface area (TPSA) is 92.1 Å². The van der Waals surface area contributed by atoms with E-state index in [4.69, 9.17) is 5.73 Å². The van der Waals surface area contributed by atoms with Gasteiger partial charge in [0.15, 0.2) is 5.82 Å². The van der Waals surface area contributed by atoms with E-state index in [0.717, 1.165) is 16.8 Å². The van der Waals surface area contributed by atoms with E-state index < -0.39 is 11.8 Å². The van der Waals surface area contributed by atoms with Crippen LogP contribution in [0.5, 0.6) is 0 Å². The minimum absolute atomic E-state index is 0.123. The summed E-state index contributed by atoms with van der Waals surface area (Å²) >= 11 is 0. The number of nitrogens with zero attached hydrogens (tertiary/aromatic N) is 2. The van der Waals surface area contributed by atoms with Crippen LogP contribution in [0.1, 0.15) is 12.1 Å². The molecule has 0 spiro atoms. The summed E-state index contributed by atoms with van der Waals surface area (Å²) in [6, 6.07) is 9.73. The van der Waals surface area contributed by atoms with Crippen LogP contribution in [0.3, 0.4) is 0 Å². The Morgan fingerprint density at radius 2 is 2.10 bits per heavy atom. The van der Waals surface area contributed by atoms with Crippen LogP contribution in [0.15, 0.2) is 30.3 Å². The molecule has 0 bridgehead atoms. The SMILES string of the molecule is Cc1[nH]nc(N2CC(C(N)=O)CC2=O)c1-c1ccccc1. The molecule has 1 saturated heterocycles. The number of aromatic amines is 1. The Bertz CT molecular complexity index is 693. The third-order valence-corrected chi connectivity index (χ3v) is 3.77. The summed E-state index contributed by atoms with van der Waals surface area (Å²) < 4.78 is 0. The predicted molar refractivity (Wildman–Crippen MR) is 78.4 cm³/mol. The molecule has 2 heterocycles. The normalized spacial score (nSPS) is 18.2. The van der Waals surface area contributed by atoms with Gasteiger partial charge >= 0.3 is 0 Å². The molecule has 21 heavy (non-hydrogen) atoms. The van der Waals surface area contributed by atoms with Crippen molar-refractivity contribution in [3.8, 4) is 11.1 Å². The number of carbonyl (C=O) groups excluding carboxylic acids is 2. The summed E-state index contributed by atoms with van der Waals surface area (Å²) in [7, 11) is 0. The molecule has 0 saturated carbocycles. The maximum Gasteiger partial charge on any atom is 0.229 e. The number of nitrogens with one attached hydrogen (secondary N) is 1.